The molecule has 2 aromatic carbocycles. The van der Waals surface area contributed by atoms with Crippen molar-refractivity contribution in [1.29, 1.82) is 0 Å². The van der Waals surface area contributed by atoms with E-state index in [0.29, 0.717) is 16.4 Å². The molecule has 0 spiro atoms. The summed E-state index contributed by atoms with van der Waals surface area (Å²) in [5.41, 5.74) is 1.11. The molecule has 3 aromatic rings. The summed E-state index contributed by atoms with van der Waals surface area (Å²) in [5, 5.41) is 11.7. The smallest absolute Gasteiger partial charge is 0.343 e. The summed E-state index contributed by atoms with van der Waals surface area (Å²) in [7, 11) is 0. The zero-order chi connectivity index (χ0) is 20.9. The summed E-state index contributed by atoms with van der Waals surface area (Å²) in [5.74, 6) is 0.694. The molecule has 1 N–H and O–H groups in total. The summed E-state index contributed by atoms with van der Waals surface area (Å²) in [4.78, 5) is 12.1. The number of H-pyrrole nitrogens is 1. The Hall–Kier alpha value is -3.13. The number of nitrogens with one attached hydrogen (secondary N) is 1. The van der Waals surface area contributed by atoms with E-state index in [1.54, 1.807) is 35.2 Å². The molecule has 30 heavy (non-hydrogen) atoms. The number of carbonyl (C=O) groups is 1. The van der Waals surface area contributed by atoms with Gasteiger partial charge in [-0.2, -0.15) is 14.9 Å². The zero-order valence-electron chi connectivity index (χ0n) is 16.3. The first kappa shape index (κ1) is 20.2. The average Bonchev–Trinajstić information content (AvgIpc) is 3.14. The Kier molecular flexibility index (Phi) is 6.13. The number of ether oxygens (including phenoxy) is 1. The fourth-order valence-electron chi connectivity index (χ4n) is 3.54. The number of benzene rings is 2. The lowest BCUT2D eigenvalue weighted by atomic mass is 9.89. The number of rotatable bonds is 5. The van der Waals surface area contributed by atoms with Crippen LogP contribution in [0.15, 0.2) is 53.6 Å². The topological polar surface area (TPSA) is 72.3 Å². The Morgan fingerprint density at radius 3 is 2.53 bits per heavy atom. The number of aromatic amines is 1. The highest BCUT2D eigenvalue weighted by Gasteiger charge is 2.21. The molecule has 0 amide bonds. The number of esters is 1. The van der Waals surface area contributed by atoms with Crippen molar-refractivity contribution in [2.75, 3.05) is 0 Å². The molecule has 1 heterocycles. The van der Waals surface area contributed by atoms with Crippen LogP contribution in [0.3, 0.4) is 0 Å². The number of nitrogens with zero attached hydrogens (tertiary/aromatic N) is 3. The van der Waals surface area contributed by atoms with E-state index in [2.05, 4.69) is 15.3 Å². The van der Waals surface area contributed by atoms with E-state index in [0.717, 1.165) is 24.2 Å². The van der Waals surface area contributed by atoms with Crippen LogP contribution in [0.25, 0.3) is 0 Å². The predicted octanol–water partition coefficient (Wildman–Crippen LogP) is 5.23. The van der Waals surface area contributed by atoms with Gasteiger partial charge in [0.05, 0.1) is 11.8 Å². The van der Waals surface area contributed by atoms with Gasteiger partial charge >= 0.3 is 5.97 Å². The molecule has 1 saturated carbocycles. The molecule has 6 nitrogen and oxygen atoms in total. The summed E-state index contributed by atoms with van der Waals surface area (Å²) in [6.07, 6.45) is 7.57. The van der Waals surface area contributed by atoms with Gasteiger partial charge in [0, 0.05) is 5.92 Å². The van der Waals surface area contributed by atoms with Gasteiger partial charge in [0.25, 0.3) is 0 Å². The number of carbonyl (C=O) groups excluding carboxylic acids is 1. The van der Waals surface area contributed by atoms with Crippen LogP contribution in [-0.2, 0) is 0 Å². The monoisotopic (exact) mass is 424 g/mol. The largest absolute Gasteiger partial charge is 0.423 e. The molecule has 4 rings (SSSR count). The van der Waals surface area contributed by atoms with Crippen molar-refractivity contribution >= 4 is 24.4 Å². The lowest BCUT2D eigenvalue weighted by Crippen LogP contribution is -2.10. The molecule has 1 fully saturated rings. The SMILES string of the molecule is O=C(Oc1ccc(/C=N\n2c(C3CCCCC3)n[nH]c2=S)cc1)c1ccc(F)cc1. The van der Waals surface area contributed by atoms with Crippen molar-refractivity contribution in [1.82, 2.24) is 14.9 Å². The van der Waals surface area contributed by atoms with Crippen LogP contribution in [0.1, 0.15) is 59.8 Å². The van der Waals surface area contributed by atoms with Crippen molar-refractivity contribution < 1.29 is 13.9 Å². The molecular formula is C22H21FN4O2S. The fourth-order valence-corrected chi connectivity index (χ4v) is 3.73. The number of aromatic nitrogens is 3. The predicted molar refractivity (Wildman–Crippen MR) is 114 cm³/mol. The van der Waals surface area contributed by atoms with Gasteiger partial charge in [-0.05, 0) is 79.2 Å². The average molecular weight is 425 g/mol. The Morgan fingerprint density at radius 2 is 1.83 bits per heavy atom. The quantitative estimate of drug-likeness (QED) is 0.263. The van der Waals surface area contributed by atoms with E-state index in [1.807, 2.05) is 0 Å². The third-order valence-electron chi connectivity index (χ3n) is 5.14. The summed E-state index contributed by atoms with van der Waals surface area (Å²) < 4.78 is 20.5. The molecule has 0 unspecified atom stereocenters. The third-order valence-corrected chi connectivity index (χ3v) is 5.40. The first-order valence-corrected chi connectivity index (χ1v) is 10.3. The van der Waals surface area contributed by atoms with Crippen molar-refractivity contribution in [2.45, 2.75) is 38.0 Å². The molecule has 0 atom stereocenters. The lowest BCUT2D eigenvalue weighted by Gasteiger charge is -2.19. The van der Waals surface area contributed by atoms with E-state index in [9.17, 15) is 9.18 Å². The Bertz CT molecular complexity index is 1100. The van der Waals surface area contributed by atoms with Gasteiger partial charge in [0.1, 0.15) is 11.6 Å². The second kappa shape index (κ2) is 9.13. The minimum atomic E-state index is -0.543. The molecule has 0 radical (unpaired) electrons. The molecule has 0 bridgehead atoms. The molecule has 1 aromatic heterocycles. The Balaban J connectivity index is 1.44. The van der Waals surface area contributed by atoms with Gasteiger partial charge < -0.3 is 4.74 Å². The van der Waals surface area contributed by atoms with Crippen LogP contribution in [-0.4, -0.2) is 27.1 Å². The zero-order valence-corrected chi connectivity index (χ0v) is 17.1. The highest BCUT2D eigenvalue weighted by atomic mass is 32.1. The van der Waals surface area contributed by atoms with Gasteiger partial charge in [0.15, 0.2) is 5.82 Å². The van der Waals surface area contributed by atoms with Crippen LogP contribution >= 0.6 is 12.2 Å². The number of hydrogen-bond acceptors (Lipinski definition) is 5. The Labute approximate surface area is 178 Å². The van der Waals surface area contributed by atoms with Crippen molar-refractivity contribution in [2.24, 2.45) is 5.10 Å². The van der Waals surface area contributed by atoms with Crippen LogP contribution < -0.4 is 4.74 Å². The van der Waals surface area contributed by atoms with Crippen LogP contribution in [0.2, 0.25) is 0 Å². The number of hydrogen-bond donors (Lipinski definition) is 1. The maximum absolute atomic E-state index is 13.0. The third kappa shape index (κ3) is 4.71. The number of halogens is 1. The summed E-state index contributed by atoms with van der Waals surface area (Å²) in [6.45, 7) is 0. The summed E-state index contributed by atoms with van der Waals surface area (Å²) >= 11 is 5.33. The maximum atomic E-state index is 13.0. The molecule has 0 saturated heterocycles. The molecular weight excluding hydrogens is 403 g/mol. The van der Waals surface area contributed by atoms with Gasteiger partial charge in [0.2, 0.25) is 4.77 Å². The lowest BCUT2D eigenvalue weighted by molar-refractivity contribution is 0.0734. The normalized spacial score (nSPS) is 14.8. The van der Waals surface area contributed by atoms with E-state index in [4.69, 9.17) is 17.0 Å². The summed E-state index contributed by atoms with van der Waals surface area (Å²) in [6, 6.07) is 12.2. The van der Waals surface area contributed by atoms with Crippen molar-refractivity contribution in [3.8, 4) is 5.75 Å². The van der Waals surface area contributed by atoms with Gasteiger partial charge in [-0.15, -0.1) is 0 Å². The second-order valence-electron chi connectivity index (χ2n) is 7.24. The minimum absolute atomic E-state index is 0.284. The fraction of sp³-hybridized carbons (Fsp3) is 0.273. The van der Waals surface area contributed by atoms with E-state index >= 15 is 0 Å². The van der Waals surface area contributed by atoms with Crippen LogP contribution in [0, 0.1) is 10.6 Å². The minimum Gasteiger partial charge on any atom is -0.423 e. The molecule has 8 heteroatoms. The first-order valence-electron chi connectivity index (χ1n) is 9.89. The second-order valence-corrected chi connectivity index (χ2v) is 7.63. The highest BCUT2D eigenvalue weighted by molar-refractivity contribution is 7.71. The first-order chi connectivity index (χ1) is 14.6. The van der Waals surface area contributed by atoms with Crippen LogP contribution in [0.4, 0.5) is 4.39 Å². The maximum Gasteiger partial charge on any atom is 0.343 e. The van der Waals surface area contributed by atoms with Gasteiger partial charge in [-0.1, -0.05) is 19.3 Å². The standard InChI is InChI=1S/C22H21FN4O2S/c23-18-10-8-17(9-11-18)21(28)29-19-12-6-15(7-13-19)14-24-27-20(25-26-22(27)30)16-4-2-1-3-5-16/h6-14,16H,1-5H2,(H,26,30)/b24-14-. The van der Waals surface area contributed by atoms with E-state index in [1.165, 1.54) is 43.5 Å². The van der Waals surface area contributed by atoms with Gasteiger partial charge in [-0.25, -0.2) is 9.18 Å². The Morgan fingerprint density at radius 1 is 1.13 bits per heavy atom. The van der Waals surface area contributed by atoms with Crippen molar-refractivity contribution in [3.05, 3.63) is 76.1 Å². The van der Waals surface area contributed by atoms with E-state index < -0.39 is 11.8 Å². The van der Waals surface area contributed by atoms with E-state index in [-0.39, 0.29) is 5.56 Å². The highest BCUT2D eigenvalue weighted by Crippen LogP contribution is 2.31. The van der Waals surface area contributed by atoms with Crippen LogP contribution in [0.5, 0.6) is 5.75 Å². The molecule has 0 aliphatic heterocycles. The van der Waals surface area contributed by atoms with Gasteiger partial charge in [-0.3, -0.25) is 5.10 Å². The molecule has 1 aliphatic carbocycles. The van der Waals surface area contributed by atoms with Crippen molar-refractivity contribution in [3.63, 3.8) is 0 Å². The molecule has 1 aliphatic rings. The molecule has 154 valence electrons.